The molecule has 0 bridgehead atoms. The average Bonchev–Trinajstić information content (AvgIpc) is 2.53. The molecule has 118 valence electrons. The van der Waals surface area contributed by atoms with E-state index in [1.54, 1.807) is 24.3 Å². The minimum Gasteiger partial charge on any atom is -0.496 e. The first-order valence-electron chi connectivity index (χ1n) is 7.10. The zero-order valence-corrected chi connectivity index (χ0v) is 12.7. The molecule has 1 N–H and O–H groups in total. The van der Waals surface area contributed by atoms with Gasteiger partial charge in [-0.3, -0.25) is 0 Å². The van der Waals surface area contributed by atoms with E-state index in [4.69, 9.17) is 9.47 Å². The molecular weight excluding hydrogens is 299 g/mol. The second-order valence-corrected chi connectivity index (χ2v) is 5.24. The first-order valence-corrected chi connectivity index (χ1v) is 7.10. The van der Waals surface area contributed by atoms with E-state index in [1.807, 2.05) is 6.92 Å². The van der Waals surface area contributed by atoms with Crippen LogP contribution in [0.1, 0.15) is 28.4 Å². The fourth-order valence-electron chi connectivity index (χ4n) is 2.69. The Labute approximate surface area is 132 Å². The van der Waals surface area contributed by atoms with E-state index in [1.165, 1.54) is 25.3 Å². The summed E-state index contributed by atoms with van der Waals surface area (Å²) >= 11 is 0. The Bertz CT molecular complexity index is 811. The Morgan fingerprint density at radius 2 is 2.09 bits per heavy atom. The highest BCUT2D eigenvalue weighted by atomic mass is 19.1. The lowest BCUT2D eigenvalue weighted by Gasteiger charge is -2.25. The number of ether oxygens (including phenoxy) is 2. The number of halogens is 1. The van der Waals surface area contributed by atoms with Crippen LogP contribution in [-0.4, -0.2) is 24.3 Å². The predicted octanol–water partition coefficient (Wildman–Crippen LogP) is 3.75. The van der Waals surface area contributed by atoms with Crippen molar-refractivity contribution < 1.29 is 23.8 Å². The lowest BCUT2D eigenvalue weighted by molar-refractivity contribution is 0.0697. The molecule has 5 heteroatoms. The summed E-state index contributed by atoms with van der Waals surface area (Å²) in [6.45, 7) is 1.83. The van der Waals surface area contributed by atoms with E-state index in [0.717, 1.165) is 0 Å². The highest BCUT2D eigenvalue weighted by molar-refractivity contribution is 5.93. The third kappa shape index (κ3) is 2.65. The maximum Gasteiger partial charge on any atom is 0.335 e. The van der Waals surface area contributed by atoms with Crippen LogP contribution in [0.4, 0.5) is 4.39 Å². The van der Waals surface area contributed by atoms with Crippen molar-refractivity contribution in [2.45, 2.75) is 13.0 Å². The Hall–Kier alpha value is -2.82. The summed E-state index contributed by atoms with van der Waals surface area (Å²) in [5, 5.41) is 9.19. The first-order chi connectivity index (χ1) is 11.0. The molecule has 0 radical (unpaired) electrons. The van der Waals surface area contributed by atoms with Crippen LogP contribution in [0.15, 0.2) is 42.5 Å². The van der Waals surface area contributed by atoms with Crippen molar-refractivity contribution in [3.05, 3.63) is 65.0 Å². The number of carboxylic acids is 1. The van der Waals surface area contributed by atoms with Gasteiger partial charge in [-0.1, -0.05) is 6.07 Å². The van der Waals surface area contributed by atoms with Gasteiger partial charge in [-0.2, -0.15) is 0 Å². The number of carboxylic acid groups (broad SMARTS) is 1. The molecule has 3 rings (SSSR count). The zero-order valence-electron chi connectivity index (χ0n) is 12.7. The third-order valence-corrected chi connectivity index (χ3v) is 3.70. The molecule has 0 saturated heterocycles. The maximum atomic E-state index is 14.4. The maximum absolute atomic E-state index is 14.4. The van der Waals surface area contributed by atoms with Crippen molar-refractivity contribution in [2.24, 2.45) is 0 Å². The number of benzene rings is 2. The lowest BCUT2D eigenvalue weighted by atomic mass is 9.91. The van der Waals surface area contributed by atoms with Gasteiger partial charge >= 0.3 is 5.97 Å². The van der Waals surface area contributed by atoms with E-state index in [0.29, 0.717) is 28.2 Å². The minimum absolute atomic E-state index is 0.114. The highest BCUT2D eigenvalue weighted by Gasteiger charge is 2.25. The molecule has 0 amide bonds. The Balaban J connectivity index is 2.25. The van der Waals surface area contributed by atoms with Gasteiger partial charge in [-0.15, -0.1) is 0 Å². The smallest absolute Gasteiger partial charge is 0.335 e. The fourth-order valence-corrected chi connectivity index (χ4v) is 2.69. The van der Waals surface area contributed by atoms with E-state index in [2.05, 4.69) is 0 Å². The number of aromatic carboxylic acids is 1. The van der Waals surface area contributed by atoms with Crippen molar-refractivity contribution in [3.63, 3.8) is 0 Å². The van der Waals surface area contributed by atoms with Gasteiger partial charge in [0.1, 0.15) is 23.4 Å². The number of fused-ring (bicyclic) bond motifs is 1. The van der Waals surface area contributed by atoms with Crippen LogP contribution < -0.4 is 9.47 Å². The van der Waals surface area contributed by atoms with Crippen molar-refractivity contribution >= 4 is 11.5 Å². The first kappa shape index (κ1) is 15.1. The summed E-state index contributed by atoms with van der Waals surface area (Å²) in [4.78, 5) is 11.2. The second-order valence-electron chi connectivity index (χ2n) is 5.24. The topological polar surface area (TPSA) is 55.8 Å². The van der Waals surface area contributed by atoms with Gasteiger partial charge in [-0.25, -0.2) is 9.18 Å². The molecule has 2 aromatic carbocycles. The van der Waals surface area contributed by atoms with E-state index >= 15 is 0 Å². The lowest BCUT2D eigenvalue weighted by Crippen LogP contribution is -2.16. The van der Waals surface area contributed by atoms with Crippen LogP contribution in [0, 0.1) is 5.82 Å². The molecule has 1 aliphatic rings. The molecule has 0 aromatic heterocycles. The molecule has 4 nitrogen and oxygen atoms in total. The van der Waals surface area contributed by atoms with Gasteiger partial charge in [0.25, 0.3) is 0 Å². The summed E-state index contributed by atoms with van der Waals surface area (Å²) in [5.41, 5.74) is 1.51. The third-order valence-electron chi connectivity index (χ3n) is 3.70. The molecule has 0 saturated carbocycles. The van der Waals surface area contributed by atoms with Crippen molar-refractivity contribution in [1.29, 1.82) is 0 Å². The minimum atomic E-state index is -1.05. The van der Waals surface area contributed by atoms with Gasteiger partial charge < -0.3 is 14.6 Å². The molecule has 1 aliphatic heterocycles. The van der Waals surface area contributed by atoms with Gasteiger partial charge in [-0.05, 0) is 48.9 Å². The normalized spacial score (nSPS) is 16.1. The number of rotatable bonds is 3. The summed E-state index contributed by atoms with van der Waals surface area (Å²) in [6.07, 6.45) is 1.49. The van der Waals surface area contributed by atoms with Crippen LogP contribution in [-0.2, 0) is 0 Å². The standard InChI is InChI=1S/C18H15FO4/c1-10-8-13(17-14(19)4-3-5-16(17)22-2)12-9-11(18(20)21)6-7-15(12)23-10/h3-10H,1-2H3,(H,20,21). The monoisotopic (exact) mass is 314 g/mol. The summed E-state index contributed by atoms with van der Waals surface area (Å²) in [6, 6.07) is 9.13. The number of hydrogen-bond donors (Lipinski definition) is 1. The van der Waals surface area contributed by atoms with Gasteiger partial charge in [0.2, 0.25) is 0 Å². The van der Waals surface area contributed by atoms with E-state index in [-0.39, 0.29) is 11.7 Å². The highest BCUT2D eigenvalue weighted by Crippen LogP contribution is 2.41. The average molecular weight is 314 g/mol. The summed E-state index contributed by atoms with van der Waals surface area (Å²) in [5.74, 6) is -0.579. The number of carbonyl (C=O) groups is 1. The molecular formula is C18H15FO4. The molecule has 0 fully saturated rings. The van der Waals surface area contributed by atoms with Crippen LogP contribution in [0.3, 0.4) is 0 Å². The van der Waals surface area contributed by atoms with Gasteiger partial charge in [0.05, 0.1) is 18.2 Å². The second kappa shape index (κ2) is 5.76. The Morgan fingerprint density at radius 3 is 2.78 bits per heavy atom. The molecule has 0 aliphatic carbocycles. The molecule has 1 heterocycles. The van der Waals surface area contributed by atoms with Crippen molar-refractivity contribution in [3.8, 4) is 11.5 Å². The quantitative estimate of drug-likeness (QED) is 0.937. The van der Waals surface area contributed by atoms with E-state index in [9.17, 15) is 14.3 Å². The largest absolute Gasteiger partial charge is 0.496 e. The van der Waals surface area contributed by atoms with Crippen LogP contribution in [0.5, 0.6) is 11.5 Å². The molecule has 1 atom stereocenters. The zero-order chi connectivity index (χ0) is 16.6. The molecule has 0 spiro atoms. The van der Waals surface area contributed by atoms with Crippen molar-refractivity contribution in [2.75, 3.05) is 7.11 Å². The van der Waals surface area contributed by atoms with Gasteiger partial charge in [0, 0.05) is 5.56 Å². The van der Waals surface area contributed by atoms with Gasteiger partial charge in [0.15, 0.2) is 0 Å². The molecule has 1 unspecified atom stereocenters. The summed E-state index contributed by atoms with van der Waals surface area (Å²) in [7, 11) is 1.47. The van der Waals surface area contributed by atoms with Crippen LogP contribution in [0.2, 0.25) is 0 Å². The van der Waals surface area contributed by atoms with Crippen LogP contribution in [0.25, 0.3) is 5.57 Å². The Morgan fingerprint density at radius 1 is 1.30 bits per heavy atom. The predicted molar refractivity (Wildman–Crippen MR) is 83.5 cm³/mol. The van der Waals surface area contributed by atoms with Crippen LogP contribution >= 0.6 is 0 Å². The van der Waals surface area contributed by atoms with Crippen molar-refractivity contribution in [1.82, 2.24) is 0 Å². The molecule has 2 aromatic rings. The Kier molecular flexibility index (Phi) is 3.78. The summed E-state index contributed by atoms with van der Waals surface area (Å²) < 4.78 is 25.4. The number of hydrogen-bond acceptors (Lipinski definition) is 3. The molecule has 23 heavy (non-hydrogen) atoms. The SMILES string of the molecule is COc1cccc(F)c1C1=CC(C)Oc2ccc(C(=O)O)cc21. The fraction of sp³-hybridized carbons (Fsp3) is 0.167. The number of methoxy groups -OCH3 is 1. The van der Waals surface area contributed by atoms with E-state index < -0.39 is 11.8 Å².